The first-order chi connectivity index (χ1) is 10.3. The van der Waals surface area contributed by atoms with Crippen molar-refractivity contribution in [3.63, 3.8) is 0 Å². The molecule has 2 aromatic carbocycles. The van der Waals surface area contributed by atoms with Crippen molar-refractivity contribution in [2.45, 2.75) is 18.8 Å². The van der Waals surface area contributed by atoms with Crippen molar-refractivity contribution in [2.75, 3.05) is 0 Å². The van der Waals surface area contributed by atoms with Gasteiger partial charge in [0.1, 0.15) is 0 Å². The van der Waals surface area contributed by atoms with E-state index >= 15 is 0 Å². The highest BCUT2D eigenvalue weighted by Gasteiger charge is 2.28. The van der Waals surface area contributed by atoms with Crippen molar-refractivity contribution in [1.29, 1.82) is 0 Å². The Hall–Kier alpha value is -2.48. The van der Waals surface area contributed by atoms with E-state index in [9.17, 15) is 4.79 Å². The van der Waals surface area contributed by atoms with Crippen LogP contribution < -0.4 is 0 Å². The normalized spacial score (nSPS) is 17.1. The molecule has 1 aromatic heterocycles. The molecule has 0 spiro atoms. The molecule has 0 radical (unpaired) electrons. The second kappa shape index (κ2) is 4.81. The zero-order valence-electron chi connectivity index (χ0n) is 11.6. The minimum Gasteiger partial charge on any atom is -0.294 e. The van der Waals surface area contributed by atoms with Gasteiger partial charge in [0.25, 0.3) is 0 Å². The maximum Gasteiger partial charge on any atom is 0.163 e. The predicted octanol–water partition coefficient (Wildman–Crippen LogP) is 4.15. The van der Waals surface area contributed by atoms with Crippen molar-refractivity contribution in [2.24, 2.45) is 0 Å². The molecule has 0 fully saturated rings. The SMILES string of the molecule is O=C1CC(Cc2ccc3ccccc3n2)c2ccccc21. The fraction of sp³-hybridized carbons (Fsp3) is 0.158. The van der Waals surface area contributed by atoms with Crippen LogP contribution in [0.2, 0.25) is 0 Å². The molecule has 2 nitrogen and oxygen atoms in total. The third kappa shape index (κ3) is 2.13. The van der Waals surface area contributed by atoms with E-state index in [1.807, 2.05) is 36.4 Å². The van der Waals surface area contributed by atoms with Gasteiger partial charge in [0.05, 0.1) is 5.52 Å². The predicted molar refractivity (Wildman–Crippen MR) is 83.6 cm³/mol. The number of Topliss-reactive ketones (excluding diaryl/α,β-unsaturated/α-hetero) is 1. The Morgan fingerprint density at radius 3 is 2.71 bits per heavy atom. The van der Waals surface area contributed by atoms with Crippen LogP contribution in [0.5, 0.6) is 0 Å². The zero-order chi connectivity index (χ0) is 14.2. The highest BCUT2D eigenvalue weighted by molar-refractivity contribution is 6.01. The number of para-hydroxylation sites is 1. The third-order valence-electron chi connectivity index (χ3n) is 4.24. The summed E-state index contributed by atoms with van der Waals surface area (Å²) in [6.07, 6.45) is 1.43. The lowest BCUT2D eigenvalue weighted by Crippen LogP contribution is -2.01. The van der Waals surface area contributed by atoms with Crippen LogP contribution in [0.3, 0.4) is 0 Å². The summed E-state index contributed by atoms with van der Waals surface area (Å²) in [4.78, 5) is 16.8. The Morgan fingerprint density at radius 2 is 1.76 bits per heavy atom. The van der Waals surface area contributed by atoms with Crippen LogP contribution in [0.4, 0.5) is 0 Å². The minimum absolute atomic E-state index is 0.261. The van der Waals surface area contributed by atoms with E-state index in [0.717, 1.165) is 28.6 Å². The molecule has 3 aromatic rings. The first kappa shape index (κ1) is 12.3. The van der Waals surface area contributed by atoms with Gasteiger partial charge in [-0.1, -0.05) is 48.5 Å². The van der Waals surface area contributed by atoms with E-state index in [1.54, 1.807) is 0 Å². The van der Waals surface area contributed by atoms with Crippen LogP contribution in [0.1, 0.15) is 34.0 Å². The topological polar surface area (TPSA) is 30.0 Å². The number of hydrogen-bond donors (Lipinski definition) is 0. The van der Waals surface area contributed by atoms with Gasteiger partial charge in [-0.25, -0.2) is 0 Å². The van der Waals surface area contributed by atoms with Crippen LogP contribution in [0.15, 0.2) is 60.7 Å². The summed E-state index contributed by atoms with van der Waals surface area (Å²) in [5, 5.41) is 1.16. The molecule has 102 valence electrons. The molecule has 1 aliphatic carbocycles. The minimum atomic E-state index is 0.261. The van der Waals surface area contributed by atoms with Gasteiger partial charge < -0.3 is 0 Å². The smallest absolute Gasteiger partial charge is 0.163 e. The summed E-state index contributed by atoms with van der Waals surface area (Å²) < 4.78 is 0. The molecule has 0 saturated carbocycles. The van der Waals surface area contributed by atoms with Gasteiger partial charge >= 0.3 is 0 Å². The lowest BCUT2D eigenvalue weighted by atomic mass is 9.96. The number of rotatable bonds is 2. The second-order valence-electron chi connectivity index (χ2n) is 5.61. The molecule has 21 heavy (non-hydrogen) atoms. The fourth-order valence-corrected chi connectivity index (χ4v) is 3.21. The Kier molecular flexibility index (Phi) is 2.81. The molecule has 0 saturated heterocycles. The molecule has 1 aliphatic rings. The molecule has 1 unspecified atom stereocenters. The number of carbonyl (C=O) groups excluding carboxylic acids is 1. The van der Waals surface area contributed by atoms with E-state index < -0.39 is 0 Å². The molecule has 1 heterocycles. The van der Waals surface area contributed by atoms with Gasteiger partial charge in [0.15, 0.2) is 5.78 Å². The summed E-state index contributed by atoms with van der Waals surface area (Å²) in [7, 11) is 0. The first-order valence-corrected chi connectivity index (χ1v) is 7.28. The fourth-order valence-electron chi connectivity index (χ4n) is 3.21. The van der Waals surface area contributed by atoms with Gasteiger partial charge in [-0.05, 0) is 30.0 Å². The van der Waals surface area contributed by atoms with E-state index in [2.05, 4.69) is 24.3 Å². The number of aromatic nitrogens is 1. The molecule has 0 bridgehead atoms. The van der Waals surface area contributed by atoms with E-state index in [1.165, 1.54) is 5.56 Å². The highest BCUT2D eigenvalue weighted by Crippen LogP contribution is 2.35. The quantitative estimate of drug-likeness (QED) is 0.702. The Balaban J connectivity index is 1.68. The maximum absolute atomic E-state index is 12.1. The molecule has 0 N–H and O–H groups in total. The number of benzene rings is 2. The number of pyridine rings is 1. The maximum atomic E-state index is 12.1. The molecule has 0 amide bonds. The number of carbonyl (C=O) groups is 1. The van der Waals surface area contributed by atoms with Crippen molar-refractivity contribution < 1.29 is 4.79 Å². The summed E-state index contributed by atoms with van der Waals surface area (Å²) in [6, 6.07) is 20.3. The van der Waals surface area contributed by atoms with Crippen LogP contribution in [0.25, 0.3) is 10.9 Å². The van der Waals surface area contributed by atoms with Crippen LogP contribution in [-0.4, -0.2) is 10.8 Å². The molecule has 2 heteroatoms. The van der Waals surface area contributed by atoms with Crippen molar-refractivity contribution in [3.05, 3.63) is 77.5 Å². The lowest BCUT2D eigenvalue weighted by molar-refractivity contribution is 0.0989. The lowest BCUT2D eigenvalue weighted by Gasteiger charge is -2.10. The largest absolute Gasteiger partial charge is 0.294 e. The van der Waals surface area contributed by atoms with Gasteiger partial charge in [-0.3, -0.25) is 9.78 Å². The highest BCUT2D eigenvalue weighted by atomic mass is 16.1. The Bertz CT molecular complexity index is 838. The monoisotopic (exact) mass is 273 g/mol. The average Bonchev–Trinajstić information content (AvgIpc) is 2.84. The first-order valence-electron chi connectivity index (χ1n) is 7.28. The second-order valence-corrected chi connectivity index (χ2v) is 5.61. The number of fused-ring (bicyclic) bond motifs is 2. The van der Waals surface area contributed by atoms with Gasteiger partial charge in [0, 0.05) is 23.1 Å². The molecular weight excluding hydrogens is 258 g/mol. The van der Waals surface area contributed by atoms with E-state index in [4.69, 9.17) is 4.98 Å². The Morgan fingerprint density at radius 1 is 0.952 bits per heavy atom. The van der Waals surface area contributed by atoms with Gasteiger partial charge in [-0.15, -0.1) is 0 Å². The van der Waals surface area contributed by atoms with Crippen LogP contribution >= 0.6 is 0 Å². The third-order valence-corrected chi connectivity index (χ3v) is 4.24. The van der Waals surface area contributed by atoms with Crippen LogP contribution in [-0.2, 0) is 6.42 Å². The van der Waals surface area contributed by atoms with Gasteiger partial charge in [0.2, 0.25) is 0 Å². The zero-order valence-corrected chi connectivity index (χ0v) is 11.6. The molecule has 1 atom stereocenters. The molecule has 0 aliphatic heterocycles. The van der Waals surface area contributed by atoms with Crippen LogP contribution in [0, 0.1) is 0 Å². The summed E-state index contributed by atoms with van der Waals surface area (Å²) >= 11 is 0. The Labute approximate surface area is 123 Å². The summed E-state index contributed by atoms with van der Waals surface area (Å²) in [5.74, 6) is 0.527. The number of ketones is 1. The van der Waals surface area contributed by atoms with E-state index in [-0.39, 0.29) is 11.7 Å². The summed E-state index contributed by atoms with van der Waals surface area (Å²) in [6.45, 7) is 0. The van der Waals surface area contributed by atoms with Crippen molar-refractivity contribution >= 4 is 16.7 Å². The summed E-state index contributed by atoms with van der Waals surface area (Å²) in [5.41, 5.74) is 4.15. The van der Waals surface area contributed by atoms with E-state index in [0.29, 0.717) is 6.42 Å². The molecular formula is C19H15NO. The van der Waals surface area contributed by atoms with Crippen molar-refractivity contribution in [3.8, 4) is 0 Å². The number of nitrogens with zero attached hydrogens (tertiary/aromatic N) is 1. The van der Waals surface area contributed by atoms with Gasteiger partial charge in [-0.2, -0.15) is 0 Å². The standard InChI is InChI=1S/C19H15NO/c21-19-12-14(16-6-2-3-7-17(16)19)11-15-10-9-13-5-1-4-8-18(13)20-15/h1-10,14H,11-12H2. The van der Waals surface area contributed by atoms with Crippen molar-refractivity contribution in [1.82, 2.24) is 4.98 Å². The average molecular weight is 273 g/mol. The number of hydrogen-bond acceptors (Lipinski definition) is 2. The molecule has 4 rings (SSSR count).